The Balaban J connectivity index is 1.89. The Morgan fingerprint density at radius 2 is 2.09 bits per heavy atom. The zero-order chi connectivity index (χ0) is 15.1. The van der Waals surface area contributed by atoms with Gasteiger partial charge in [-0.1, -0.05) is 12.1 Å². The molecule has 22 heavy (non-hydrogen) atoms. The van der Waals surface area contributed by atoms with Gasteiger partial charge < -0.3 is 8.98 Å². The Morgan fingerprint density at radius 3 is 2.82 bits per heavy atom. The van der Waals surface area contributed by atoms with Crippen molar-refractivity contribution >= 4 is 17.0 Å². The second-order valence-electron chi connectivity index (χ2n) is 5.88. The highest BCUT2D eigenvalue weighted by molar-refractivity contribution is 7.07. The fourth-order valence-corrected chi connectivity index (χ4v) is 3.59. The van der Waals surface area contributed by atoms with Crippen LogP contribution in [0.25, 0.3) is 11.5 Å². The Bertz CT molecular complexity index is 867. The quantitative estimate of drug-likeness (QED) is 0.670. The number of hydrogen-bond acceptors (Lipinski definition) is 3. The minimum atomic E-state index is 0.565. The second kappa shape index (κ2) is 5.29. The number of aromatic nitrogens is 1. The third-order valence-electron chi connectivity index (χ3n) is 4.01. The van der Waals surface area contributed by atoms with E-state index in [2.05, 4.69) is 42.0 Å². The molecule has 1 saturated carbocycles. The molecule has 0 unspecified atom stereocenters. The van der Waals surface area contributed by atoms with Crippen molar-refractivity contribution < 1.29 is 4.42 Å². The highest BCUT2D eigenvalue weighted by Gasteiger charge is 2.28. The van der Waals surface area contributed by atoms with Crippen LogP contribution in [0.5, 0.6) is 0 Å². The van der Waals surface area contributed by atoms with Crippen molar-refractivity contribution in [1.82, 2.24) is 4.57 Å². The smallest absolute Gasteiger partial charge is 0.190 e. The molecule has 4 heteroatoms. The van der Waals surface area contributed by atoms with Crippen LogP contribution in [0.1, 0.15) is 30.0 Å². The van der Waals surface area contributed by atoms with E-state index in [1.807, 2.05) is 12.1 Å². The average Bonchev–Trinajstić information content (AvgIpc) is 3.03. The summed E-state index contributed by atoms with van der Waals surface area (Å²) in [7, 11) is 0. The maximum Gasteiger partial charge on any atom is 0.190 e. The zero-order valence-corrected chi connectivity index (χ0v) is 13.6. The van der Waals surface area contributed by atoms with Gasteiger partial charge in [0, 0.05) is 11.4 Å². The van der Waals surface area contributed by atoms with Gasteiger partial charge in [-0.05, 0) is 56.0 Å². The monoisotopic (exact) mass is 310 g/mol. The molecule has 1 aliphatic carbocycles. The zero-order valence-electron chi connectivity index (χ0n) is 12.7. The number of nitrogens with zero attached hydrogens (tertiary/aromatic N) is 2. The van der Waals surface area contributed by atoms with E-state index in [1.54, 1.807) is 17.6 Å². The maximum atomic E-state index is 5.59. The molecule has 4 rings (SSSR count). The molecule has 0 radical (unpaired) electrons. The van der Waals surface area contributed by atoms with Crippen molar-refractivity contribution in [2.45, 2.75) is 32.7 Å². The number of benzene rings is 1. The Hall–Kier alpha value is -2.07. The van der Waals surface area contributed by atoms with Gasteiger partial charge in [0.25, 0.3) is 0 Å². The first-order valence-corrected chi connectivity index (χ1v) is 8.46. The molecule has 0 N–H and O–H groups in total. The van der Waals surface area contributed by atoms with Crippen molar-refractivity contribution in [3.8, 4) is 11.5 Å². The lowest BCUT2D eigenvalue weighted by Gasteiger charge is -2.06. The predicted octanol–water partition coefficient (Wildman–Crippen LogP) is 4.99. The highest BCUT2D eigenvalue weighted by atomic mass is 32.1. The molecule has 0 bridgehead atoms. The van der Waals surface area contributed by atoms with Gasteiger partial charge in [0.15, 0.2) is 10.6 Å². The molecule has 2 heterocycles. The molecule has 3 nitrogen and oxygen atoms in total. The van der Waals surface area contributed by atoms with Gasteiger partial charge in [0.1, 0.15) is 0 Å². The normalized spacial score (nSPS) is 15.5. The van der Waals surface area contributed by atoms with Crippen LogP contribution in [-0.4, -0.2) is 4.57 Å². The molecule has 0 amide bonds. The number of hydrogen-bond donors (Lipinski definition) is 0. The van der Waals surface area contributed by atoms with Crippen LogP contribution in [0.4, 0.5) is 5.69 Å². The van der Waals surface area contributed by atoms with Crippen LogP contribution in [0.3, 0.4) is 0 Å². The summed E-state index contributed by atoms with van der Waals surface area (Å²) in [6, 6.07) is 10.9. The molecule has 2 aromatic heterocycles. The van der Waals surface area contributed by atoms with Crippen LogP contribution in [0.15, 0.2) is 51.4 Å². The van der Waals surface area contributed by atoms with Gasteiger partial charge in [0.2, 0.25) is 0 Å². The maximum absolute atomic E-state index is 5.59. The summed E-state index contributed by atoms with van der Waals surface area (Å²) in [4.78, 5) is 5.99. The van der Waals surface area contributed by atoms with Gasteiger partial charge in [-0.3, -0.25) is 0 Å². The van der Waals surface area contributed by atoms with E-state index in [0.717, 1.165) is 21.9 Å². The number of aryl methyl sites for hydroxylation is 2. The van der Waals surface area contributed by atoms with E-state index in [-0.39, 0.29) is 0 Å². The largest absolute Gasteiger partial charge is 0.463 e. The van der Waals surface area contributed by atoms with Crippen molar-refractivity contribution in [2.75, 3.05) is 0 Å². The van der Waals surface area contributed by atoms with E-state index in [4.69, 9.17) is 9.41 Å². The van der Waals surface area contributed by atoms with Crippen LogP contribution in [0.2, 0.25) is 0 Å². The van der Waals surface area contributed by atoms with Crippen molar-refractivity contribution in [3.63, 3.8) is 0 Å². The van der Waals surface area contributed by atoms with Crippen molar-refractivity contribution in [3.05, 3.63) is 57.9 Å². The highest BCUT2D eigenvalue weighted by Crippen LogP contribution is 2.38. The molecule has 0 atom stereocenters. The van der Waals surface area contributed by atoms with E-state index in [0.29, 0.717) is 6.04 Å². The van der Waals surface area contributed by atoms with E-state index < -0.39 is 0 Å². The molecule has 1 aromatic carbocycles. The van der Waals surface area contributed by atoms with Crippen molar-refractivity contribution in [2.24, 2.45) is 4.99 Å². The van der Waals surface area contributed by atoms with Crippen LogP contribution in [-0.2, 0) is 0 Å². The molecular weight excluding hydrogens is 292 g/mol. The molecule has 1 aliphatic rings. The van der Waals surface area contributed by atoms with Gasteiger partial charge in [-0.25, -0.2) is 4.99 Å². The fourth-order valence-electron chi connectivity index (χ4n) is 2.63. The molecule has 3 aromatic rings. The van der Waals surface area contributed by atoms with E-state index >= 15 is 0 Å². The molecule has 112 valence electrons. The van der Waals surface area contributed by atoms with Crippen molar-refractivity contribution in [1.29, 1.82) is 0 Å². The average molecular weight is 310 g/mol. The van der Waals surface area contributed by atoms with E-state index in [1.165, 1.54) is 24.0 Å². The van der Waals surface area contributed by atoms with Crippen LogP contribution < -0.4 is 4.80 Å². The lowest BCUT2D eigenvalue weighted by atomic mass is 10.1. The minimum absolute atomic E-state index is 0.565. The van der Waals surface area contributed by atoms with Gasteiger partial charge in [-0.2, -0.15) is 0 Å². The predicted molar refractivity (Wildman–Crippen MR) is 89.4 cm³/mol. The summed E-state index contributed by atoms with van der Waals surface area (Å²) >= 11 is 1.69. The summed E-state index contributed by atoms with van der Waals surface area (Å²) in [5, 5.41) is 2.15. The topological polar surface area (TPSA) is 30.4 Å². The second-order valence-corrected chi connectivity index (χ2v) is 6.72. The number of rotatable bonds is 3. The third kappa shape index (κ3) is 2.44. The Labute approximate surface area is 133 Å². The fraction of sp³-hybridized carbons (Fsp3) is 0.278. The van der Waals surface area contributed by atoms with Gasteiger partial charge in [-0.15, -0.1) is 11.3 Å². The van der Waals surface area contributed by atoms with Gasteiger partial charge in [0.05, 0.1) is 17.6 Å². The first kappa shape index (κ1) is 13.6. The van der Waals surface area contributed by atoms with Crippen LogP contribution >= 0.6 is 11.3 Å². The summed E-state index contributed by atoms with van der Waals surface area (Å²) < 4.78 is 7.93. The molecule has 0 saturated heterocycles. The molecular formula is C18H18N2OS. The molecule has 0 aliphatic heterocycles. The standard InChI is InChI=1S/C18H18N2OS/c1-12-5-6-13(2)15(10-12)19-18-20(14-7-8-14)16(11-22-18)17-4-3-9-21-17/h3-6,9-11,14H,7-8H2,1-2H3. The van der Waals surface area contributed by atoms with Crippen LogP contribution in [0, 0.1) is 13.8 Å². The summed E-state index contributed by atoms with van der Waals surface area (Å²) in [6.07, 6.45) is 4.18. The summed E-state index contributed by atoms with van der Waals surface area (Å²) in [5.41, 5.74) is 4.65. The first-order valence-electron chi connectivity index (χ1n) is 7.58. The first-order chi connectivity index (χ1) is 10.7. The van der Waals surface area contributed by atoms with Gasteiger partial charge >= 0.3 is 0 Å². The third-order valence-corrected chi connectivity index (χ3v) is 4.85. The van der Waals surface area contributed by atoms with E-state index in [9.17, 15) is 0 Å². The summed E-state index contributed by atoms with van der Waals surface area (Å²) in [6.45, 7) is 4.22. The minimum Gasteiger partial charge on any atom is -0.463 e. The molecule has 0 spiro atoms. The summed E-state index contributed by atoms with van der Waals surface area (Å²) in [5.74, 6) is 0.922. The number of furan rings is 1. The molecule has 1 fully saturated rings. The Kier molecular flexibility index (Phi) is 3.26. The SMILES string of the molecule is Cc1ccc(C)c(N=c2scc(-c3ccco3)n2C2CC2)c1. The number of thiazole rings is 1. The lowest BCUT2D eigenvalue weighted by molar-refractivity contribution is 0.570. The Morgan fingerprint density at radius 1 is 1.23 bits per heavy atom. The lowest BCUT2D eigenvalue weighted by Crippen LogP contribution is -2.14.